The second-order valence-corrected chi connectivity index (χ2v) is 6.36. The zero-order valence-corrected chi connectivity index (χ0v) is 15.1. The highest BCUT2D eigenvalue weighted by Gasteiger charge is 2.31. The van der Waals surface area contributed by atoms with Crippen molar-refractivity contribution in [1.29, 1.82) is 0 Å². The summed E-state index contributed by atoms with van der Waals surface area (Å²) in [5, 5.41) is 11.4. The van der Waals surface area contributed by atoms with Crippen LogP contribution in [0.4, 0.5) is 0 Å². The fourth-order valence-electron chi connectivity index (χ4n) is 2.84. The monoisotopic (exact) mass is 349 g/mol. The molecule has 1 aromatic carbocycles. The Morgan fingerprint density at radius 1 is 1.20 bits per heavy atom. The maximum atomic E-state index is 10.6. The molecule has 0 fully saturated rings. The summed E-state index contributed by atoms with van der Waals surface area (Å²) in [4.78, 5) is 4.58. The van der Waals surface area contributed by atoms with Crippen LogP contribution in [0.5, 0.6) is 23.1 Å². The number of rotatable bonds is 6. The smallest absolute Gasteiger partial charge is 0.231 e. The first-order valence-corrected chi connectivity index (χ1v) is 7.99. The SMILES string of the molecule is COc1nc2c3c(ccc2c(OC)c1C[C@H](O)C(C)(C)OC)OCO3. The molecule has 7 nitrogen and oxygen atoms in total. The molecule has 2 aromatic rings. The standard InChI is InChI=1S/C18H23NO6/c1-18(2,23-5)13(20)8-11-15(21-3)10-6-7-12-16(25-9-24-12)14(10)19-17(11)22-4/h6-7,13,20H,8-9H2,1-5H3/t13-/m0/s1. The van der Waals surface area contributed by atoms with E-state index < -0.39 is 11.7 Å². The Labute approximate surface area is 146 Å². The normalized spacial score (nSPS) is 14.6. The molecule has 1 atom stereocenters. The lowest BCUT2D eigenvalue weighted by Crippen LogP contribution is -2.39. The Hall–Kier alpha value is -2.25. The lowest BCUT2D eigenvalue weighted by Gasteiger charge is -2.29. The summed E-state index contributed by atoms with van der Waals surface area (Å²) in [5.41, 5.74) is 0.557. The van der Waals surface area contributed by atoms with E-state index >= 15 is 0 Å². The number of methoxy groups -OCH3 is 3. The summed E-state index contributed by atoms with van der Waals surface area (Å²) in [6.45, 7) is 3.80. The molecule has 0 unspecified atom stereocenters. The van der Waals surface area contributed by atoms with Crippen molar-refractivity contribution >= 4 is 10.9 Å². The number of ether oxygens (including phenoxy) is 5. The van der Waals surface area contributed by atoms with Crippen LogP contribution in [0.25, 0.3) is 10.9 Å². The van der Waals surface area contributed by atoms with Gasteiger partial charge < -0.3 is 28.8 Å². The second kappa shape index (κ2) is 6.57. The van der Waals surface area contributed by atoms with Crippen molar-refractivity contribution in [3.8, 4) is 23.1 Å². The van der Waals surface area contributed by atoms with Crippen molar-refractivity contribution in [3.05, 3.63) is 17.7 Å². The van der Waals surface area contributed by atoms with E-state index in [9.17, 15) is 5.11 Å². The predicted molar refractivity (Wildman–Crippen MR) is 91.8 cm³/mol. The molecular weight excluding hydrogens is 326 g/mol. The van der Waals surface area contributed by atoms with E-state index in [4.69, 9.17) is 23.7 Å². The van der Waals surface area contributed by atoms with E-state index in [1.807, 2.05) is 26.0 Å². The number of fused-ring (bicyclic) bond motifs is 3. The molecule has 0 aliphatic carbocycles. The minimum Gasteiger partial charge on any atom is -0.496 e. The number of hydrogen-bond acceptors (Lipinski definition) is 7. The third-order valence-electron chi connectivity index (χ3n) is 4.63. The molecule has 2 heterocycles. The van der Waals surface area contributed by atoms with Crippen LogP contribution in [-0.4, -0.2) is 49.9 Å². The van der Waals surface area contributed by atoms with Gasteiger partial charge in [-0.2, -0.15) is 0 Å². The van der Waals surface area contributed by atoms with E-state index in [0.717, 1.165) is 5.39 Å². The van der Waals surface area contributed by atoms with Crippen LogP contribution >= 0.6 is 0 Å². The number of aliphatic hydroxyl groups is 1. The summed E-state index contributed by atoms with van der Waals surface area (Å²) < 4.78 is 27.4. The molecule has 1 aliphatic rings. The van der Waals surface area contributed by atoms with Crippen molar-refractivity contribution in [2.75, 3.05) is 28.1 Å². The number of hydrogen-bond donors (Lipinski definition) is 1. The first-order valence-electron chi connectivity index (χ1n) is 7.99. The van der Waals surface area contributed by atoms with Gasteiger partial charge in [0.15, 0.2) is 11.5 Å². The highest BCUT2D eigenvalue weighted by atomic mass is 16.7. The largest absolute Gasteiger partial charge is 0.496 e. The predicted octanol–water partition coefficient (Wildman–Crippen LogP) is 2.31. The summed E-state index contributed by atoms with van der Waals surface area (Å²) in [6, 6.07) is 3.69. The van der Waals surface area contributed by atoms with Crippen LogP contribution in [0.3, 0.4) is 0 Å². The van der Waals surface area contributed by atoms with Crippen molar-refractivity contribution in [1.82, 2.24) is 4.98 Å². The highest BCUT2D eigenvalue weighted by molar-refractivity contribution is 5.94. The molecule has 1 N–H and O–H groups in total. The van der Waals surface area contributed by atoms with E-state index in [-0.39, 0.29) is 13.2 Å². The van der Waals surface area contributed by atoms with Gasteiger partial charge in [0.25, 0.3) is 0 Å². The van der Waals surface area contributed by atoms with Gasteiger partial charge in [-0.25, -0.2) is 4.98 Å². The molecule has 0 radical (unpaired) electrons. The highest BCUT2D eigenvalue weighted by Crippen LogP contribution is 2.44. The fourth-order valence-corrected chi connectivity index (χ4v) is 2.84. The maximum absolute atomic E-state index is 10.6. The maximum Gasteiger partial charge on any atom is 0.231 e. The summed E-state index contributed by atoms with van der Waals surface area (Å²) in [5.74, 6) is 2.17. The third kappa shape index (κ3) is 2.94. The van der Waals surface area contributed by atoms with E-state index in [1.54, 1.807) is 14.2 Å². The average molecular weight is 349 g/mol. The zero-order valence-electron chi connectivity index (χ0n) is 15.1. The molecule has 1 aliphatic heterocycles. The van der Waals surface area contributed by atoms with Gasteiger partial charge in [-0.05, 0) is 26.0 Å². The van der Waals surface area contributed by atoms with Gasteiger partial charge in [-0.15, -0.1) is 0 Å². The molecule has 0 bridgehead atoms. The molecule has 136 valence electrons. The summed E-state index contributed by atoms with van der Waals surface area (Å²) in [7, 11) is 4.68. The third-order valence-corrected chi connectivity index (χ3v) is 4.63. The van der Waals surface area contributed by atoms with Crippen LogP contribution in [0.15, 0.2) is 12.1 Å². The van der Waals surface area contributed by atoms with Crippen molar-refractivity contribution in [2.45, 2.75) is 32.0 Å². The van der Waals surface area contributed by atoms with Crippen molar-refractivity contribution in [3.63, 3.8) is 0 Å². The lowest BCUT2D eigenvalue weighted by molar-refractivity contribution is -0.0767. The van der Waals surface area contributed by atoms with Crippen LogP contribution in [-0.2, 0) is 11.2 Å². The minimum atomic E-state index is -0.770. The van der Waals surface area contributed by atoms with Gasteiger partial charge in [0.2, 0.25) is 12.7 Å². The number of pyridine rings is 1. The van der Waals surface area contributed by atoms with Crippen LogP contribution in [0, 0.1) is 0 Å². The summed E-state index contributed by atoms with van der Waals surface area (Å²) in [6.07, 6.45) is -0.501. The number of aliphatic hydroxyl groups excluding tert-OH is 1. The minimum absolute atomic E-state index is 0.156. The van der Waals surface area contributed by atoms with Gasteiger partial charge in [0, 0.05) is 18.9 Å². The topological polar surface area (TPSA) is 79.3 Å². The molecule has 0 spiro atoms. The molecule has 0 saturated heterocycles. The number of benzene rings is 1. The van der Waals surface area contributed by atoms with E-state index in [1.165, 1.54) is 7.11 Å². The van der Waals surface area contributed by atoms with Gasteiger partial charge in [-0.3, -0.25) is 0 Å². The Morgan fingerprint density at radius 2 is 1.96 bits per heavy atom. The number of aromatic nitrogens is 1. The Morgan fingerprint density at radius 3 is 2.60 bits per heavy atom. The van der Waals surface area contributed by atoms with E-state index in [2.05, 4.69) is 4.98 Å². The molecule has 0 saturated carbocycles. The van der Waals surface area contributed by atoms with Crippen molar-refractivity contribution < 1.29 is 28.8 Å². The second-order valence-electron chi connectivity index (χ2n) is 6.36. The van der Waals surface area contributed by atoms with Gasteiger partial charge in [-0.1, -0.05) is 0 Å². The fraction of sp³-hybridized carbons (Fsp3) is 0.500. The van der Waals surface area contributed by atoms with Crippen molar-refractivity contribution in [2.24, 2.45) is 0 Å². The molecule has 25 heavy (non-hydrogen) atoms. The van der Waals surface area contributed by atoms with Crippen LogP contribution < -0.4 is 18.9 Å². The first kappa shape index (κ1) is 17.6. The Bertz CT molecular complexity index is 789. The van der Waals surface area contributed by atoms with Gasteiger partial charge in [0.05, 0.1) is 31.5 Å². The first-order chi connectivity index (χ1) is 11.9. The van der Waals surface area contributed by atoms with Gasteiger partial charge >= 0.3 is 0 Å². The van der Waals surface area contributed by atoms with Gasteiger partial charge in [0.1, 0.15) is 11.3 Å². The van der Waals surface area contributed by atoms with Crippen LogP contribution in [0.2, 0.25) is 0 Å². The lowest BCUT2D eigenvalue weighted by atomic mass is 9.94. The Balaban J connectivity index is 2.16. The number of nitrogens with zero attached hydrogens (tertiary/aromatic N) is 1. The van der Waals surface area contributed by atoms with E-state index in [0.29, 0.717) is 34.2 Å². The summed E-state index contributed by atoms with van der Waals surface area (Å²) >= 11 is 0. The zero-order chi connectivity index (χ0) is 18.2. The molecule has 3 rings (SSSR count). The quantitative estimate of drug-likeness (QED) is 0.857. The molecule has 1 aromatic heterocycles. The van der Waals surface area contributed by atoms with Crippen LogP contribution in [0.1, 0.15) is 19.4 Å². The molecule has 0 amide bonds. The average Bonchev–Trinajstić information content (AvgIpc) is 3.09. The molecule has 7 heteroatoms. The molecular formula is C18H23NO6. The Kier molecular flexibility index (Phi) is 4.62.